The van der Waals surface area contributed by atoms with Gasteiger partial charge in [-0.15, -0.1) is 0 Å². The molecule has 0 aliphatic heterocycles. The summed E-state index contributed by atoms with van der Waals surface area (Å²) in [5.74, 6) is -14.3. The van der Waals surface area contributed by atoms with Gasteiger partial charge in [0.05, 0.1) is 4.20 Å². The number of ether oxygens (including phenoxy) is 1. The Kier molecular flexibility index (Phi) is 10.2. The first-order valence-corrected chi connectivity index (χ1v) is 14.4. The molecular formula is C33H27F5O2S2. The number of carbonyl (C=O) groups excluding carboxylic acids is 1. The van der Waals surface area contributed by atoms with Crippen molar-refractivity contribution in [2.45, 2.75) is 43.3 Å². The molecule has 9 heteroatoms. The Balaban J connectivity index is 1.71. The van der Waals surface area contributed by atoms with Crippen LogP contribution >= 0.6 is 24.0 Å². The first-order chi connectivity index (χ1) is 20.0. The summed E-state index contributed by atoms with van der Waals surface area (Å²) >= 11 is 6.53. The average molecular weight is 615 g/mol. The van der Waals surface area contributed by atoms with Crippen LogP contribution in [0.5, 0.6) is 5.75 Å². The number of hydrogen-bond acceptors (Lipinski definition) is 4. The van der Waals surface area contributed by atoms with Gasteiger partial charge in [0.15, 0.2) is 0 Å². The number of carbonyl (C=O) groups is 1. The Bertz CT molecular complexity index is 1520. The van der Waals surface area contributed by atoms with E-state index >= 15 is 0 Å². The van der Waals surface area contributed by atoms with Crippen molar-refractivity contribution >= 4 is 34.1 Å². The van der Waals surface area contributed by atoms with Crippen molar-refractivity contribution in [3.63, 3.8) is 0 Å². The van der Waals surface area contributed by atoms with Crippen molar-refractivity contribution in [2.24, 2.45) is 0 Å². The van der Waals surface area contributed by atoms with Crippen LogP contribution in [0, 0.1) is 29.1 Å². The lowest BCUT2D eigenvalue weighted by atomic mass is 9.74. The highest BCUT2D eigenvalue weighted by atomic mass is 32.2. The third-order valence-electron chi connectivity index (χ3n) is 6.98. The number of esters is 1. The van der Waals surface area contributed by atoms with Gasteiger partial charge in [0, 0.05) is 0 Å². The monoisotopic (exact) mass is 614 g/mol. The molecule has 0 saturated heterocycles. The Morgan fingerprint density at radius 1 is 0.762 bits per heavy atom. The second kappa shape index (κ2) is 13.6. The SMILES string of the molecule is CC(C)(CC(CC(SC(=S)c1ccccc1)C(=O)Oc1c(F)c(F)c(F)c(F)c1F)c1ccccc1)c1ccccc1. The van der Waals surface area contributed by atoms with E-state index in [4.69, 9.17) is 17.0 Å². The highest BCUT2D eigenvalue weighted by Crippen LogP contribution is 2.40. The van der Waals surface area contributed by atoms with E-state index in [2.05, 4.69) is 13.8 Å². The minimum absolute atomic E-state index is 0.103. The quantitative estimate of drug-likeness (QED) is 0.0444. The molecule has 0 aliphatic carbocycles. The zero-order valence-corrected chi connectivity index (χ0v) is 24.4. The molecule has 2 nitrogen and oxygen atoms in total. The molecule has 0 saturated carbocycles. The second-order valence-electron chi connectivity index (χ2n) is 10.4. The van der Waals surface area contributed by atoms with E-state index in [0.717, 1.165) is 22.9 Å². The van der Waals surface area contributed by atoms with Gasteiger partial charge in [-0.1, -0.05) is 129 Å². The topological polar surface area (TPSA) is 26.3 Å². The number of halogens is 5. The number of thioether (sulfide) groups is 1. The zero-order chi connectivity index (χ0) is 30.4. The molecule has 4 rings (SSSR count). The maximum absolute atomic E-state index is 14.5. The van der Waals surface area contributed by atoms with Crippen molar-refractivity contribution < 1.29 is 31.5 Å². The van der Waals surface area contributed by atoms with Crippen LogP contribution in [-0.4, -0.2) is 15.4 Å². The van der Waals surface area contributed by atoms with Crippen LogP contribution in [0.25, 0.3) is 0 Å². The molecule has 42 heavy (non-hydrogen) atoms. The van der Waals surface area contributed by atoms with Crippen LogP contribution in [0.4, 0.5) is 22.0 Å². The van der Waals surface area contributed by atoms with Crippen LogP contribution in [-0.2, 0) is 10.2 Å². The van der Waals surface area contributed by atoms with Gasteiger partial charge in [-0.05, 0) is 40.9 Å². The molecule has 0 amide bonds. The Labute approximate surface area is 250 Å². The third kappa shape index (κ3) is 7.25. The summed E-state index contributed by atoms with van der Waals surface area (Å²) in [7, 11) is 0. The van der Waals surface area contributed by atoms with Crippen molar-refractivity contribution in [2.75, 3.05) is 0 Å². The van der Waals surface area contributed by atoms with E-state index < -0.39 is 46.1 Å². The molecule has 0 spiro atoms. The Morgan fingerprint density at radius 3 is 1.79 bits per heavy atom. The number of hydrogen-bond donors (Lipinski definition) is 0. The molecule has 0 N–H and O–H groups in total. The fourth-order valence-corrected chi connectivity index (χ4v) is 6.24. The Morgan fingerprint density at radius 2 is 1.24 bits per heavy atom. The van der Waals surface area contributed by atoms with Gasteiger partial charge in [0.2, 0.25) is 34.8 Å². The highest BCUT2D eigenvalue weighted by molar-refractivity contribution is 8.24. The lowest BCUT2D eigenvalue weighted by molar-refractivity contribution is -0.134. The molecule has 2 unspecified atom stereocenters. The van der Waals surface area contributed by atoms with Crippen molar-refractivity contribution in [1.82, 2.24) is 0 Å². The lowest BCUT2D eigenvalue weighted by Crippen LogP contribution is -2.30. The Hall–Kier alpha value is -3.56. The fourth-order valence-electron chi connectivity index (χ4n) is 4.75. The smallest absolute Gasteiger partial charge is 0.325 e. The summed E-state index contributed by atoms with van der Waals surface area (Å²) in [4.78, 5) is 13.5. The van der Waals surface area contributed by atoms with Crippen LogP contribution in [0.3, 0.4) is 0 Å². The predicted octanol–water partition coefficient (Wildman–Crippen LogP) is 9.31. The van der Waals surface area contributed by atoms with E-state index in [0.29, 0.717) is 16.2 Å². The fraction of sp³-hybridized carbons (Fsp3) is 0.212. The van der Waals surface area contributed by atoms with E-state index in [-0.39, 0.29) is 17.8 Å². The van der Waals surface area contributed by atoms with Crippen molar-refractivity contribution in [1.29, 1.82) is 0 Å². The van der Waals surface area contributed by atoms with Gasteiger partial charge in [-0.2, -0.15) is 8.78 Å². The standard InChI is InChI=1S/C33H27F5O2S2/c1-33(2,23-16-10-5-11-17-23)19-22(20-12-6-3-7-13-20)18-24(42-32(41)21-14-8-4-9-15-21)31(39)40-30-28(37)26(35)25(34)27(36)29(30)38/h3-17,22,24H,18-19H2,1-2H3. The lowest BCUT2D eigenvalue weighted by Gasteiger charge is -2.32. The number of benzene rings is 4. The van der Waals surface area contributed by atoms with Crippen LogP contribution < -0.4 is 4.74 Å². The minimum atomic E-state index is -2.34. The maximum Gasteiger partial charge on any atom is 0.325 e. The largest absolute Gasteiger partial charge is 0.419 e. The molecule has 4 aromatic carbocycles. The molecular weight excluding hydrogens is 587 g/mol. The third-order valence-corrected chi connectivity index (χ3v) is 8.62. The molecule has 0 bridgehead atoms. The summed E-state index contributed by atoms with van der Waals surface area (Å²) in [5, 5.41) is -1.15. The van der Waals surface area contributed by atoms with E-state index in [1.165, 1.54) is 0 Å². The van der Waals surface area contributed by atoms with Crippen LogP contribution in [0.15, 0.2) is 91.0 Å². The number of thiocarbonyl (C=S) groups is 1. The van der Waals surface area contributed by atoms with Crippen LogP contribution in [0.2, 0.25) is 0 Å². The van der Waals surface area contributed by atoms with Gasteiger partial charge < -0.3 is 4.74 Å². The molecule has 4 aromatic rings. The van der Waals surface area contributed by atoms with Gasteiger partial charge >= 0.3 is 5.97 Å². The first kappa shape index (κ1) is 31.4. The van der Waals surface area contributed by atoms with Gasteiger partial charge in [0.25, 0.3) is 0 Å². The molecule has 0 radical (unpaired) electrons. The highest BCUT2D eigenvalue weighted by Gasteiger charge is 2.35. The molecule has 0 aliphatic rings. The van der Waals surface area contributed by atoms with Crippen molar-refractivity contribution in [3.8, 4) is 5.75 Å². The molecule has 2 atom stereocenters. The summed E-state index contributed by atoms with van der Waals surface area (Å²) in [6.07, 6.45) is 0.665. The summed E-state index contributed by atoms with van der Waals surface area (Å²) in [6, 6.07) is 28.0. The number of rotatable bonds is 10. The zero-order valence-electron chi connectivity index (χ0n) is 22.8. The van der Waals surface area contributed by atoms with Gasteiger partial charge in [-0.25, -0.2) is 13.2 Å². The van der Waals surface area contributed by atoms with E-state index in [9.17, 15) is 26.7 Å². The first-order valence-electron chi connectivity index (χ1n) is 13.1. The predicted molar refractivity (Wildman–Crippen MR) is 159 cm³/mol. The van der Waals surface area contributed by atoms with E-state index in [1.807, 2.05) is 60.7 Å². The van der Waals surface area contributed by atoms with Gasteiger partial charge in [-0.3, -0.25) is 4.79 Å². The minimum Gasteiger partial charge on any atom is -0.419 e. The normalized spacial score (nSPS) is 12.9. The van der Waals surface area contributed by atoms with Crippen LogP contribution in [0.1, 0.15) is 49.3 Å². The van der Waals surface area contributed by atoms with Crippen molar-refractivity contribution in [3.05, 3.63) is 137 Å². The summed E-state index contributed by atoms with van der Waals surface area (Å²) in [6.45, 7) is 4.14. The summed E-state index contributed by atoms with van der Waals surface area (Å²) in [5.41, 5.74) is 2.25. The average Bonchev–Trinajstić information content (AvgIpc) is 3.01. The molecule has 0 heterocycles. The second-order valence-corrected chi connectivity index (χ2v) is 12.3. The molecule has 218 valence electrons. The summed E-state index contributed by atoms with van der Waals surface area (Å²) < 4.78 is 75.6. The molecule has 0 fully saturated rings. The maximum atomic E-state index is 14.5. The van der Waals surface area contributed by atoms with E-state index in [1.54, 1.807) is 30.3 Å². The van der Waals surface area contributed by atoms with Gasteiger partial charge in [0.1, 0.15) is 5.25 Å². The molecule has 0 aromatic heterocycles.